The molecule has 28 heavy (non-hydrogen) atoms. The molecule has 1 aromatic heterocycles. The molecule has 3 rings (SSSR count). The van der Waals surface area contributed by atoms with E-state index in [-0.39, 0.29) is 12.4 Å². The Morgan fingerprint density at radius 1 is 1.18 bits per heavy atom. The lowest BCUT2D eigenvalue weighted by Gasteiger charge is -2.09. The maximum Gasteiger partial charge on any atom is 0.214 e. The molecular formula is C19H23BrClN5OS. The average molecular weight is 485 g/mol. The highest BCUT2D eigenvalue weighted by Crippen LogP contribution is 2.26. The molecule has 2 aromatic carbocycles. The van der Waals surface area contributed by atoms with Crippen molar-refractivity contribution >= 4 is 40.1 Å². The smallest absolute Gasteiger partial charge is 0.214 e. The summed E-state index contributed by atoms with van der Waals surface area (Å²) in [5.74, 6) is 1.83. The highest BCUT2D eigenvalue weighted by Gasteiger charge is 2.08. The van der Waals surface area contributed by atoms with Gasteiger partial charge in [-0.25, -0.2) is 0 Å². The van der Waals surface area contributed by atoms with Gasteiger partial charge in [-0.05, 0) is 76.1 Å². The third-order valence-corrected chi connectivity index (χ3v) is 5.42. The van der Waals surface area contributed by atoms with Crippen molar-refractivity contribution < 1.29 is 4.74 Å². The Balaban J connectivity index is 0.00000280. The number of nitrogens with one attached hydrogen (secondary N) is 1. The van der Waals surface area contributed by atoms with Crippen molar-refractivity contribution in [2.45, 2.75) is 25.0 Å². The zero-order valence-corrected chi connectivity index (χ0v) is 18.8. The molecule has 6 nitrogen and oxygen atoms in total. The fourth-order valence-electron chi connectivity index (χ4n) is 2.52. The fraction of sp³-hybridized carbons (Fsp3) is 0.316. The number of nitrogens with zero attached hydrogens (tertiary/aromatic N) is 4. The third-order valence-electron chi connectivity index (χ3n) is 3.80. The summed E-state index contributed by atoms with van der Waals surface area (Å²) >= 11 is 5.22. The molecule has 0 aliphatic heterocycles. The van der Waals surface area contributed by atoms with Gasteiger partial charge < -0.3 is 10.1 Å². The zero-order chi connectivity index (χ0) is 18.9. The van der Waals surface area contributed by atoms with Crippen molar-refractivity contribution in [3.05, 3.63) is 58.6 Å². The van der Waals surface area contributed by atoms with Crippen LogP contribution in [0.5, 0.6) is 5.75 Å². The first-order valence-corrected chi connectivity index (χ1v) is 10.6. The van der Waals surface area contributed by atoms with Gasteiger partial charge in [-0.2, -0.15) is 4.68 Å². The van der Waals surface area contributed by atoms with Crippen molar-refractivity contribution in [2.75, 3.05) is 18.9 Å². The summed E-state index contributed by atoms with van der Waals surface area (Å²) in [6.45, 7) is 4.42. The van der Waals surface area contributed by atoms with Crippen LogP contribution in [0.2, 0.25) is 0 Å². The monoisotopic (exact) mass is 483 g/mol. The highest BCUT2D eigenvalue weighted by atomic mass is 79.9. The van der Waals surface area contributed by atoms with E-state index in [1.807, 2.05) is 43.3 Å². The summed E-state index contributed by atoms with van der Waals surface area (Å²) in [5.41, 5.74) is 2.20. The van der Waals surface area contributed by atoms with E-state index in [9.17, 15) is 0 Å². The number of rotatable bonds is 10. The molecule has 0 aliphatic rings. The maximum absolute atomic E-state index is 5.54. The van der Waals surface area contributed by atoms with Gasteiger partial charge in [0.05, 0.1) is 16.8 Å². The fourth-order valence-corrected chi connectivity index (χ4v) is 3.89. The number of ether oxygens (including phenoxy) is 1. The van der Waals surface area contributed by atoms with Crippen LogP contribution in [0, 0.1) is 0 Å². The Kier molecular flexibility index (Phi) is 9.77. The largest absolute Gasteiger partial charge is 0.493 e. The summed E-state index contributed by atoms with van der Waals surface area (Å²) in [7, 11) is 0. The first-order valence-electron chi connectivity index (χ1n) is 8.86. The number of halogens is 2. The van der Waals surface area contributed by atoms with Crippen LogP contribution in [-0.4, -0.2) is 39.1 Å². The molecule has 3 aromatic rings. The van der Waals surface area contributed by atoms with Crippen LogP contribution in [0.4, 0.5) is 0 Å². The van der Waals surface area contributed by atoms with E-state index in [0.29, 0.717) is 6.61 Å². The second-order valence-electron chi connectivity index (χ2n) is 5.79. The van der Waals surface area contributed by atoms with Gasteiger partial charge in [0.15, 0.2) is 0 Å². The van der Waals surface area contributed by atoms with Gasteiger partial charge in [-0.1, -0.05) is 36.0 Å². The predicted octanol–water partition coefficient (Wildman–Crippen LogP) is 4.52. The second-order valence-corrected chi connectivity index (χ2v) is 7.70. The zero-order valence-electron chi connectivity index (χ0n) is 15.5. The molecule has 150 valence electrons. The molecule has 1 heterocycles. The lowest BCUT2D eigenvalue weighted by molar-refractivity contribution is 0.338. The van der Waals surface area contributed by atoms with E-state index in [1.54, 1.807) is 16.4 Å². The van der Waals surface area contributed by atoms with Crippen LogP contribution in [0.15, 0.2) is 58.2 Å². The Bertz CT molecular complexity index is 849. The number of benzene rings is 2. The Morgan fingerprint density at radius 2 is 2.00 bits per heavy atom. The van der Waals surface area contributed by atoms with Crippen LogP contribution in [0.25, 0.3) is 5.69 Å². The normalized spacial score (nSPS) is 10.5. The lowest BCUT2D eigenvalue weighted by atomic mass is 10.2. The van der Waals surface area contributed by atoms with Crippen LogP contribution >= 0.6 is 40.1 Å². The standard InChI is InChI=1S/C19H22BrN5OS.ClH/c1-2-26-18-10-9-15(13-17(18)20)14-21-11-6-12-27-19-22-23-24-25(19)16-7-4-3-5-8-16;/h3-5,7-10,13,21H,2,6,11-12,14H2,1H3;1H. The first-order chi connectivity index (χ1) is 13.3. The Labute approximate surface area is 184 Å². The summed E-state index contributed by atoms with van der Waals surface area (Å²) in [6.07, 6.45) is 1.03. The second kappa shape index (κ2) is 12.1. The number of aromatic nitrogens is 4. The molecule has 0 aliphatic carbocycles. The molecule has 0 saturated carbocycles. The quantitative estimate of drug-likeness (QED) is 0.337. The van der Waals surface area contributed by atoms with Gasteiger partial charge in [0, 0.05) is 12.3 Å². The molecule has 0 fully saturated rings. The lowest BCUT2D eigenvalue weighted by Crippen LogP contribution is -2.15. The molecule has 9 heteroatoms. The highest BCUT2D eigenvalue weighted by molar-refractivity contribution is 9.10. The SMILES string of the molecule is CCOc1ccc(CNCCCSc2nnnn2-c2ccccc2)cc1Br.Cl. The van der Waals surface area contributed by atoms with Crippen molar-refractivity contribution in [1.82, 2.24) is 25.5 Å². The van der Waals surface area contributed by atoms with Crippen LogP contribution in [0.1, 0.15) is 18.9 Å². The maximum atomic E-state index is 5.54. The molecular weight excluding hydrogens is 462 g/mol. The minimum atomic E-state index is 0. The Hall–Kier alpha value is -1.61. The van der Waals surface area contributed by atoms with Gasteiger partial charge in [0.25, 0.3) is 0 Å². The Morgan fingerprint density at radius 3 is 2.75 bits per heavy atom. The summed E-state index contributed by atoms with van der Waals surface area (Å²) in [4.78, 5) is 0. The molecule has 1 N–H and O–H groups in total. The van der Waals surface area contributed by atoms with E-state index in [4.69, 9.17) is 4.74 Å². The van der Waals surface area contributed by atoms with E-state index in [1.165, 1.54) is 5.56 Å². The molecule has 0 atom stereocenters. The van der Waals surface area contributed by atoms with Gasteiger partial charge in [-0.15, -0.1) is 17.5 Å². The number of hydrogen-bond acceptors (Lipinski definition) is 6. The number of thioether (sulfide) groups is 1. The first kappa shape index (κ1) is 22.7. The molecule has 0 radical (unpaired) electrons. The minimum Gasteiger partial charge on any atom is -0.493 e. The van der Waals surface area contributed by atoms with Gasteiger partial charge in [0.2, 0.25) is 5.16 Å². The van der Waals surface area contributed by atoms with Crippen molar-refractivity contribution in [3.63, 3.8) is 0 Å². The van der Waals surface area contributed by atoms with Crippen molar-refractivity contribution in [2.24, 2.45) is 0 Å². The number of para-hydroxylation sites is 1. The van der Waals surface area contributed by atoms with Crippen LogP contribution in [-0.2, 0) is 6.54 Å². The third kappa shape index (κ3) is 6.48. The average Bonchev–Trinajstić information content (AvgIpc) is 3.16. The molecule has 0 bridgehead atoms. The molecule has 0 unspecified atom stereocenters. The number of hydrogen-bond donors (Lipinski definition) is 1. The van der Waals surface area contributed by atoms with E-state index >= 15 is 0 Å². The summed E-state index contributed by atoms with van der Waals surface area (Å²) < 4.78 is 8.30. The van der Waals surface area contributed by atoms with E-state index in [2.05, 4.69) is 48.9 Å². The minimum absolute atomic E-state index is 0. The van der Waals surface area contributed by atoms with Crippen molar-refractivity contribution in [1.29, 1.82) is 0 Å². The van der Waals surface area contributed by atoms with Gasteiger partial charge in [-0.3, -0.25) is 0 Å². The van der Waals surface area contributed by atoms with Gasteiger partial charge in [0.1, 0.15) is 5.75 Å². The summed E-state index contributed by atoms with van der Waals surface area (Å²) in [5, 5.41) is 16.3. The number of tetrazole rings is 1. The van der Waals surface area contributed by atoms with Crippen LogP contribution < -0.4 is 10.1 Å². The van der Waals surface area contributed by atoms with Gasteiger partial charge >= 0.3 is 0 Å². The molecule has 0 spiro atoms. The predicted molar refractivity (Wildman–Crippen MR) is 119 cm³/mol. The van der Waals surface area contributed by atoms with E-state index < -0.39 is 0 Å². The van der Waals surface area contributed by atoms with Crippen LogP contribution in [0.3, 0.4) is 0 Å². The molecule has 0 saturated heterocycles. The summed E-state index contributed by atoms with van der Waals surface area (Å²) in [6, 6.07) is 16.1. The molecule has 0 amide bonds. The van der Waals surface area contributed by atoms with E-state index in [0.717, 1.165) is 46.3 Å². The van der Waals surface area contributed by atoms with Crippen molar-refractivity contribution in [3.8, 4) is 11.4 Å². The topological polar surface area (TPSA) is 64.9 Å².